The van der Waals surface area contributed by atoms with E-state index in [0.717, 1.165) is 26.5 Å². The number of amides is 2. The van der Waals surface area contributed by atoms with Crippen molar-refractivity contribution in [2.24, 2.45) is 0 Å². The summed E-state index contributed by atoms with van der Waals surface area (Å²) < 4.78 is 13.8. The van der Waals surface area contributed by atoms with Crippen molar-refractivity contribution in [3.63, 3.8) is 0 Å². The number of pyridine rings is 1. The number of alkyl halides is 1. The van der Waals surface area contributed by atoms with E-state index >= 15 is 0 Å². The molecule has 2 saturated heterocycles. The number of aliphatic hydroxyl groups is 1. The summed E-state index contributed by atoms with van der Waals surface area (Å²) in [5.74, 6) is 1.67. The van der Waals surface area contributed by atoms with Crippen LogP contribution in [0.4, 0.5) is 32.5 Å². The molecule has 2 aromatic rings. The number of halogens is 1. The number of piperidine rings is 1. The SMILES string of the molecule is CCC(C)Nc1cc(Nc2ccnc(N3CCC[C@H](F)C3)n2)ncc1C(=N)N1CCNC1=O.CO.[HH].[HH]. The van der Waals surface area contributed by atoms with Crippen molar-refractivity contribution >= 4 is 35.1 Å². The van der Waals surface area contributed by atoms with Gasteiger partial charge in [-0.25, -0.2) is 19.2 Å². The Labute approximate surface area is 207 Å². The summed E-state index contributed by atoms with van der Waals surface area (Å²) >= 11 is 0. The first kappa shape index (κ1) is 26.1. The molecular weight excluding hydrogens is 453 g/mol. The number of carbonyl (C=O) groups is 1. The predicted octanol–water partition coefficient (Wildman–Crippen LogP) is 3.21. The molecule has 0 spiro atoms. The van der Waals surface area contributed by atoms with Gasteiger partial charge in [-0.05, 0) is 32.3 Å². The Hall–Kier alpha value is -3.54. The molecule has 12 heteroatoms. The van der Waals surface area contributed by atoms with E-state index in [1.807, 2.05) is 11.0 Å². The number of aliphatic hydroxyl groups excluding tert-OH is 1. The van der Waals surface area contributed by atoms with Crippen molar-refractivity contribution in [1.82, 2.24) is 25.2 Å². The molecule has 2 aliphatic heterocycles. The van der Waals surface area contributed by atoms with Gasteiger partial charge < -0.3 is 26.0 Å². The minimum Gasteiger partial charge on any atom is -0.400 e. The van der Waals surface area contributed by atoms with Crippen LogP contribution >= 0.6 is 0 Å². The Balaban J connectivity index is 0.00000167. The molecule has 2 fully saturated rings. The van der Waals surface area contributed by atoms with Gasteiger partial charge in [-0.15, -0.1) is 0 Å². The van der Waals surface area contributed by atoms with Gasteiger partial charge in [-0.2, -0.15) is 4.98 Å². The lowest BCUT2D eigenvalue weighted by Crippen LogP contribution is -2.37. The van der Waals surface area contributed by atoms with E-state index in [1.54, 1.807) is 18.5 Å². The molecule has 0 saturated carbocycles. The topological polar surface area (TPSA) is 142 Å². The number of hydrogen-bond donors (Lipinski definition) is 5. The third-order valence-electron chi connectivity index (χ3n) is 5.85. The number of aromatic nitrogens is 3. The van der Waals surface area contributed by atoms with Crippen molar-refractivity contribution in [2.45, 2.75) is 45.3 Å². The Morgan fingerprint density at radius 3 is 2.86 bits per heavy atom. The first-order valence-corrected chi connectivity index (χ1v) is 11.8. The van der Waals surface area contributed by atoms with Gasteiger partial charge in [0.25, 0.3) is 0 Å². The lowest BCUT2D eigenvalue weighted by atomic mass is 10.1. The maximum absolute atomic E-state index is 13.8. The smallest absolute Gasteiger partial charge is 0.323 e. The van der Waals surface area contributed by atoms with E-state index in [0.29, 0.717) is 54.9 Å². The quantitative estimate of drug-likeness (QED) is 0.294. The highest BCUT2D eigenvalue weighted by Crippen LogP contribution is 2.25. The standard InChI is InChI=1S/C22H30FN9O.CH4O.2H2/c1-3-14(2)28-17-11-19(27-12-16(17)20(24)32-10-8-26-22(32)33)29-18-6-7-25-21(30-18)31-9-4-5-15(23)13-31;1-2;;/h6-7,11-12,14-15,24H,3-5,8-10,13H2,1-2H3,(H,26,33)(H2,25,27,28,29,30);2H,1H3;2*1H/t14?,15-;;;/m0.../s1. The van der Waals surface area contributed by atoms with Gasteiger partial charge >= 0.3 is 6.03 Å². The molecule has 11 nitrogen and oxygen atoms in total. The van der Waals surface area contributed by atoms with Gasteiger partial charge in [0, 0.05) is 54.1 Å². The van der Waals surface area contributed by atoms with Crippen LogP contribution in [0.25, 0.3) is 0 Å². The third kappa shape index (κ3) is 6.53. The van der Waals surface area contributed by atoms with Gasteiger partial charge in [0.05, 0.1) is 17.8 Å². The molecule has 2 aliphatic rings. The van der Waals surface area contributed by atoms with E-state index in [-0.39, 0.29) is 20.8 Å². The second-order valence-electron chi connectivity index (χ2n) is 8.35. The van der Waals surface area contributed by atoms with Crippen molar-refractivity contribution in [3.8, 4) is 0 Å². The van der Waals surface area contributed by atoms with Gasteiger partial charge in [0.15, 0.2) is 0 Å². The highest BCUT2D eigenvalue weighted by molar-refractivity contribution is 6.09. The zero-order chi connectivity index (χ0) is 25.4. The van der Waals surface area contributed by atoms with Gasteiger partial charge in [0.2, 0.25) is 5.95 Å². The predicted molar refractivity (Wildman–Crippen MR) is 139 cm³/mol. The monoisotopic (exact) mass is 491 g/mol. The van der Waals surface area contributed by atoms with Crippen LogP contribution in [0.15, 0.2) is 24.5 Å². The first-order valence-electron chi connectivity index (χ1n) is 11.8. The average Bonchev–Trinajstić information content (AvgIpc) is 3.31. The second-order valence-corrected chi connectivity index (χ2v) is 8.35. The van der Waals surface area contributed by atoms with Crippen LogP contribution < -0.4 is 20.9 Å². The number of rotatable bonds is 7. The van der Waals surface area contributed by atoms with Crippen LogP contribution in [0.5, 0.6) is 0 Å². The number of carbonyl (C=O) groups excluding carboxylic acids is 1. The number of nitrogens with one attached hydrogen (secondary N) is 4. The average molecular weight is 492 g/mol. The molecular formula is C23H38FN9O2. The Bertz CT molecular complexity index is 1030. The normalized spacial score (nSPS) is 18.3. The highest BCUT2D eigenvalue weighted by atomic mass is 19.1. The largest absolute Gasteiger partial charge is 0.400 e. The summed E-state index contributed by atoms with van der Waals surface area (Å²) in [5, 5.41) is 24.9. The van der Waals surface area contributed by atoms with Crippen molar-refractivity contribution in [3.05, 3.63) is 30.1 Å². The maximum atomic E-state index is 13.8. The van der Waals surface area contributed by atoms with Gasteiger partial charge in [-0.3, -0.25) is 10.3 Å². The fraction of sp³-hybridized carbons (Fsp3) is 0.522. The molecule has 4 rings (SSSR count). The van der Waals surface area contributed by atoms with Crippen molar-refractivity contribution in [2.75, 3.05) is 48.8 Å². The van der Waals surface area contributed by atoms with Crippen LogP contribution in [0.1, 0.15) is 41.5 Å². The summed E-state index contributed by atoms with van der Waals surface area (Å²) in [6.45, 7) is 6.11. The number of nitrogens with zero attached hydrogens (tertiary/aromatic N) is 5. The van der Waals surface area contributed by atoms with Crippen LogP contribution in [-0.4, -0.2) is 82.3 Å². The third-order valence-corrected chi connectivity index (χ3v) is 5.85. The number of anilines is 4. The highest BCUT2D eigenvalue weighted by Gasteiger charge is 2.27. The van der Waals surface area contributed by atoms with Gasteiger partial charge in [-0.1, -0.05) is 6.92 Å². The number of amidine groups is 1. The molecule has 0 bridgehead atoms. The molecule has 35 heavy (non-hydrogen) atoms. The molecule has 5 N–H and O–H groups in total. The second kappa shape index (κ2) is 12.2. The summed E-state index contributed by atoms with van der Waals surface area (Å²) in [7, 11) is 1.00. The summed E-state index contributed by atoms with van der Waals surface area (Å²) in [5.41, 5.74) is 1.25. The molecule has 2 atom stereocenters. The Kier molecular flexibility index (Phi) is 9.12. The molecule has 0 aliphatic carbocycles. The fourth-order valence-electron chi connectivity index (χ4n) is 3.84. The van der Waals surface area contributed by atoms with Crippen LogP contribution in [0.3, 0.4) is 0 Å². The molecule has 0 radical (unpaired) electrons. The van der Waals surface area contributed by atoms with E-state index < -0.39 is 6.17 Å². The Morgan fingerprint density at radius 1 is 1.37 bits per heavy atom. The zero-order valence-electron chi connectivity index (χ0n) is 20.4. The lowest BCUT2D eigenvalue weighted by Gasteiger charge is -2.29. The molecule has 0 aromatic carbocycles. The van der Waals surface area contributed by atoms with Crippen LogP contribution in [0.2, 0.25) is 0 Å². The maximum Gasteiger partial charge on any atom is 0.323 e. The van der Waals surface area contributed by atoms with Crippen LogP contribution in [0, 0.1) is 5.41 Å². The molecule has 2 amide bonds. The number of urea groups is 1. The van der Waals surface area contributed by atoms with E-state index in [4.69, 9.17) is 10.5 Å². The van der Waals surface area contributed by atoms with E-state index in [2.05, 4.69) is 44.7 Å². The number of hydrogen-bond acceptors (Lipinski definition) is 9. The Morgan fingerprint density at radius 2 is 2.17 bits per heavy atom. The fourth-order valence-corrected chi connectivity index (χ4v) is 3.84. The molecule has 4 heterocycles. The minimum atomic E-state index is -0.865. The molecule has 1 unspecified atom stereocenters. The minimum absolute atomic E-state index is 0. The lowest BCUT2D eigenvalue weighted by molar-refractivity contribution is 0.234. The van der Waals surface area contributed by atoms with Crippen molar-refractivity contribution in [1.29, 1.82) is 5.41 Å². The first-order chi connectivity index (χ1) is 16.9. The van der Waals surface area contributed by atoms with E-state index in [1.165, 1.54) is 4.90 Å². The summed E-state index contributed by atoms with van der Waals surface area (Å²) in [6, 6.07) is 3.43. The zero-order valence-corrected chi connectivity index (χ0v) is 20.4. The summed E-state index contributed by atoms with van der Waals surface area (Å²) in [4.78, 5) is 28.6. The van der Waals surface area contributed by atoms with Crippen LogP contribution in [-0.2, 0) is 0 Å². The molecule has 2 aromatic heterocycles. The molecule has 194 valence electrons. The van der Waals surface area contributed by atoms with E-state index in [9.17, 15) is 9.18 Å². The van der Waals surface area contributed by atoms with Gasteiger partial charge in [0.1, 0.15) is 23.6 Å². The van der Waals surface area contributed by atoms with Crippen molar-refractivity contribution < 1.29 is 17.1 Å². The summed E-state index contributed by atoms with van der Waals surface area (Å²) in [6.07, 6.45) is 4.60.